The summed E-state index contributed by atoms with van der Waals surface area (Å²) in [4.78, 5) is 2.16. The second kappa shape index (κ2) is 4.78. The lowest BCUT2D eigenvalue weighted by molar-refractivity contribution is 0.224. The third-order valence-electron chi connectivity index (χ3n) is 2.93. The molecule has 18 heavy (non-hydrogen) atoms. The summed E-state index contributed by atoms with van der Waals surface area (Å²) in [6, 6.07) is 12.3. The van der Waals surface area contributed by atoms with E-state index in [0.717, 1.165) is 19.1 Å². The summed E-state index contributed by atoms with van der Waals surface area (Å²) < 4.78 is 2.29. The van der Waals surface area contributed by atoms with Crippen LogP contribution >= 0.6 is 38.6 Å². The molecule has 1 unspecified atom stereocenters. The summed E-state index contributed by atoms with van der Waals surface area (Å²) in [5.41, 5.74) is 0.999. The zero-order chi connectivity index (χ0) is 12.7. The van der Waals surface area contributed by atoms with E-state index in [1.54, 1.807) is 22.7 Å². The second-order valence-corrected chi connectivity index (χ2v) is 7.90. The van der Waals surface area contributed by atoms with Crippen molar-refractivity contribution >= 4 is 48.7 Å². The number of hydrogen-bond acceptors (Lipinski definition) is 3. The lowest BCUT2D eigenvalue weighted by atomic mass is 10.1. The monoisotopic (exact) mass is 338 g/mol. The van der Waals surface area contributed by atoms with Crippen molar-refractivity contribution in [1.82, 2.24) is 0 Å². The largest absolute Gasteiger partial charge is 0.383 e. The van der Waals surface area contributed by atoms with Crippen LogP contribution in [0, 0.1) is 6.92 Å². The summed E-state index contributed by atoms with van der Waals surface area (Å²) in [5, 5.41) is 11.7. The van der Waals surface area contributed by atoms with Gasteiger partial charge in [-0.2, -0.15) is 0 Å². The summed E-state index contributed by atoms with van der Waals surface area (Å²) in [6.45, 7) is 2.04. The van der Waals surface area contributed by atoms with E-state index in [1.807, 2.05) is 25.1 Å². The molecule has 0 radical (unpaired) electrons. The van der Waals surface area contributed by atoms with Gasteiger partial charge in [0.25, 0.3) is 0 Å². The first kappa shape index (κ1) is 12.4. The number of fused-ring (bicyclic) bond motifs is 1. The molecule has 0 bridgehead atoms. The Kier molecular flexibility index (Phi) is 3.28. The third kappa shape index (κ3) is 2.14. The minimum Gasteiger partial charge on any atom is -0.383 e. The van der Waals surface area contributed by atoms with Crippen molar-refractivity contribution in [3.05, 3.63) is 55.5 Å². The molecule has 3 rings (SSSR count). The van der Waals surface area contributed by atoms with E-state index in [1.165, 1.54) is 10.1 Å². The molecule has 3 aromatic rings. The van der Waals surface area contributed by atoms with E-state index in [-0.39, 0.29) is 0 Å². The van der Waals surface area contributed by atoms with E-state index >= 15 is 0 Å². The van der Waals surface area contributed by atoms with Crippen molar-refractivity contribution in [2.24, 2.45) is 0 Å². The predicted molar refractivity (Wildman–Crippen MR) is 82.6 cm³/mol. The van der Waals surface area contributed by atoms with Gasteiger partial charge < -0.3 is 5.11 Å². The van der Waals surface area contributed by atoms with Gasteiger partial charge in [0.2, 0.25) is 0 Å². The average Bonchev–Trinajstić information content (AvgIpc) is 2.91. The van der Waals surface area contributed by atoms with Gasteiger partial charge in [-0.25, -0.2) is 0 Å². The molecule has 0 fully saturated rings. The van der Waals surface area contributed by atoms with E-state index in [2.05, 4.69) is 34.1 Å². The summed E-state index contributed by atoms with van der Waals surface area (Å²) in [5.74, 6) is 0. The Balaban J connectivity index is 2.06. The normalized spacial score (nSPS) is 13.1. The summed E-state index contributed by atoms with van der Waals surface area (Å²) >= 11 is 6.79. The fourth-order valence-corrected chi connectivity index (χ4v) is 4.83. The Morgan fingerprint density at radius 2 is 1.94 bits per heavy atom. The Hall–Kier alpha value is -0.680. The number of benzene rings is 1. The van der Waals surface area contributed by atoms with Gasteiger partial charge in [-0.1, -0.05) is 18.2 Å². The van der Waals surface area contributed by atoms with E-state index < -0.39 is 6.10 Å². The Labute approximate surface area is 122 Å². The summed E-state index contributed by atoms with van der Waals surface area (Å²) in [6.07, 6.45) is -0.523. The van der Waals surface area contributed by atoms with Gasteiger partial charge in [0, 0.05) is 20.0 Å². The predicted octanol–water partition coefficient (Wildman–Crippen LogP) is 5.12. The zero-order valence-corrected chi connectivity index (χ0v) is 12.9. The van der Waals surface area contributed by atoms with Crippen LogP contribution in [0.15, 0.2) is 40.2 Å². The molecule has 0 spiro atoms. The smallest absolute Gasteiger partial charge is 0.114 e. The Morgan fingerprint density at radius 3 is 2.61 bits per heavy atom. The number of aryl methyl sites for hydroxylation is 1. The molecule has 0 aliphatic rings. The van der Waals surface area contributed by atoms with Gasteiger partial charge in [0.05, 0.1) is 3.79 Å². The van der Waals surface area contributed by atoms with Crippen LogP contribution in [-0.2, 0) is 0 Å². The lowest BCUT2D eigenvalue weighted by Crippen LogP contribution is -1.96. The fraction of sp³-hybridized carbons (Fsp3) is 0.143. The first-order valence-corrected chi connectivity index (χ1v) is 8.00. The number of aliphatic hydroxyl groups is 1. The minimum atomic E-state index is -0.523. The molecule has 0 aliphatic heterocycles. The molecule has 92 valence electrons. The number of rotatable bonds is 2. The quantitative estimate of drug-likeness (QED) is 0.687. The van der Waals surface area contributed by atoms with Crippen LogP contribution in [0.25, 0.3) is 10.1 Å². The van der Waals surface area contributed by atoms with Gasteiger partial charge in [0.15, 0.2) is 0 Å². The Morgan fingerprint density at radius 1 is 1.17 bits per heavy atom. The maximum absolute atomic E-state index is 10.5. The van der Waals surface area contributed by atoms with Crippen LogP contribution in [-0.4, -0.2) is 5.11 Å². The Bertz CT molecular complexity index is 666. The van der Waals surface area contributed by atoms with Crippen molar-refractivity contribution in [2.45, 2.75) is 13.0 Å². The molecule has 1 nitrogen and oxygen atoms in total. The molecule has 0 amide bonds. The molecule has 1 aromatic carbocycles. The van der Waals surface area contributed by atoms with Gasteiger partial charge in [-0.05, 0) is 46.4 Å². The molecule has 0 aliphatic carbocycles. The molecular weight excluding hydrogens is 328 g/mol. The maximum Gasteiger partial charge on any atom is 0.114 e. The lowest BCUT2D eigenvalue weighted by Gasteiger charge is -2.07. The first-order chi connectivity index (χ1) is 8.65. The van der Waals surface area contributed by atoms with Crippen LogP contribution in [0.3, 0.4) is 0 Å². The maximum atomic E-state index is 10.5. The van der Waals surface area contributed by atoms with Crippen molar-refractivity contribution in [2.75, 3.05) is 0 Å². The van der Waals surface area contributed by atoms with Gasteiger partial charge in [-0.3, -0.25) is 0 Å². The van der Waals surface area contributed by atoms with Crippen molar-refractivity contribution in [3.8, 4) is 0 Å². The van der Waals surface area contributed by atoms with Gasteiger partial charge in [-0.15, -0.1) is 22.7 Å². The van der Waals surface area contributed by atoms with Crippen LogP contribution in [0.1, 0.15) is 21.4 Å². The molecule has 2 heterocycles. The summed E-state index contributed by atoms with van der Waals surface area (Å²) in [7, 11) is 0. The minimum absolute atomic E-state index is 0.523. The fourth-order valence-electron chi connectivity index (χ4n) is 2.02. The van der Waals surface area contributed by atoms with Crippen LogP contribution < -0.4 is 0 Å². The standard InChI is InChI=1S/C14H11BrOS2/c1-8-10(7-13(15)17-8)14(16)12-6-9-4-2-3-5-11(9)18-12/h2-7,14,16H,1H3. The molecule has 1 N–H and O–H groups in total. The molecule has 2 aromatic heterocycles. The average molecular weight is 339 g/mol. The second-order valence-electron chi connectivity index (χ2n) is 4.15. The van der Waals surface area contributed by atoms with E-state index in [4.69, 9.17) is 0 Å². The van der Waals surface area contributed by atoms with Crippen molar-refractivity contribution < 1.29 is 5.11 Å². The molecule has 0 saturated carbocycles. The number of hydrogen-bond donors (Lipinski definition) is 1. The topological polar surface area (TPSA) is 20.2 Å². The van der Waals surface area contributed by atoms with E-state index in [9.17, 15) is 5.11 Å². The first-order valence-electron chi connectivity index (χ1n) is 5.57. The van der Waals surface area contributed by atoms with Crippen LogP contribution in [0.4, 0.5) is 0 Å². The highest BCUT2D eigenvalue weighted by atomic mass is 79.9. The molecule has 0 saturated heterocycles. The number of thiophene rings is 2. The third-order valence-corrected chi connectivity index (χ3v) is 5.67. The molecule has 1 atom stereocenters. The number of aliphatic hydroxyl groups excluding tert-OH is 1. The van der Waals surface area contributed by atoms with Crippen LogP contribution in [0.2, 0.25) is 0 Å². The highest BCUT2D eigenvalue weighted by molar-refractivity contribution is 9.11. The SMILES string of the molecule is Cc1sc(Br)cc1C(O)c1cc2ccccc2s1. The highest BCUT2D eigenvalue weighted by Gasteiger charge is 2.17. The van der Waals surface area contributed by atoms with Gasteiger partial charge >= 0.3 is 0 Å². The molecule has 4 heteroatoms. The molecular formula is C14H11BrOS2. The zero-order valence-electron chi connectivity index (χ0n) is 9.68. The highest BCUT2D eigenvalue weighted by Crippen LogP contribution is 2.37. The van der Waals surface area contributed by atoms with E-state index in [0.29, 0.717) is 0 Å². The van der Waals surface area contributed by atoms with Crippen molar-refractivity contribution in [3.63, 3.8) is 0 Å². The van der Waals surface area contributed by atoms with Crippen molar-refractivity contribution in [1.29, 1.82) is 0 Å². The van der Waals surface area contributed by atoms with Gasteiger partial charge in [0.1, 0.15) is 6.10 Å². The van der Waals surface area contributed by atoms with Crippen LogP contribution in [0.5, 0.6) is 0 Å². The number of halogens is 1.